The Morgan fingerprint density at radius 2 is 1.74 bits per heavy atom. The van der Waals surface area contributed by atoms with Crippen LogP contribution in [0, 0.1) is 6.92 Å². The molecule has 3 N–H and O–H groups in total. The highest BCUT2D eigenvalue weighted by Gasteiger charge is 2.48. The van der Waals surface area contributed by atoms with Gasteiger partial charge < -0.3 is 10.4 Å². The summed E-state index contributed by atoms with van der Waals surface area (Å²) in [5.74, 6) is -0.530. The van der Waals surface area contributed by atoms with Gasteiger partial charge in [0.05, 0.1) is 0 Å². The summed E-state index contributed by atoms with van der Waals surface area (Å²) in [6.07, 6.45) is -1.12. The molecular weight excluding hydrogens is 292 g/mol. The molecule has 2 aromatic rings. The van der Waals surface area contributed by atoms with Gasteiger partial charge in [-0.3, -0.25) is 10.1 Å². The highest BCUT2D eigenvalue weighted by Crippen LogP contribution is 2.30. The number of imide groups is 1. The van der Waals surface area contributed by atoms with E-state index in [0.29, 0.717) is 5.56 Å². The molecule has 23 heavy (non-hydrogen) atoms. The average Bonchev–Trinajstić information content (AvgIpc) is 2.80. The predicted octanol–water partition coefficient (Wildman–Crippen LogP) is 2.29. The fourth-order valence-electron chi connectivity index (χ4n) is 2.77. The second kappa shape index (κ2) is 5.52. The maximum absolute atomic E-state index is 11.9. The van der Waals surface area contributed by atoms with Crippen LogP contribution in [0.15, 0.2) is 48.5 Å². The number of nitrogens with one attached hydrogen (secondary N) is 2. The van der Waals surface area contributed by atoms with Crippen molar-refractivity contribution in [1.29, 1.82) is 0 Å². The lowest BCUT2D eigenvalue weighted by Gasteiger charge is -2.27. The first-order valence-electron chi connectivity index (χ1n) is 7.39. The topological polar surface area (TPSA) is 78.4 Å². The molecule has 0 saturated carbocycles. The Kier molecular flexibility index (Phi) is 3.66. The molecule has 2 aromatic carbocycles. The van der Waals surface area contributed by atoms with E-state index in [2.05, 4.69) is 16.7 Å². The zero-order chi connectivity index (χ0) is 16.6. The highest BCUT2D eigenvalue weighted by molar-refractivity contribution is 6.07. The van der Waals surface area contributed by atoms with Gasteiger partial charge in [0.25, 0.3) is 5.91 Å². The first-order valence-corrected chi connectivity index (χ1v) is 7.39. The van der Waals surface area contributed by atoms with E-state index in [4.69, 9.17) is 0 Å². The van der Waals surface area contributed by atoms with Crippen LogP contribution in [-0.2, 0) is 4.79 Å². The maximum Gasteiger partial charge on any atom is 0.322 e. The van der Waals surface area contributed by atoms with E-state index >= 15 is 0 Å². The minimum absolute atomic E-state index is 0.530. The van der Waals surface area contributed by atoms with Gasteiger partial charge >= 0.3 is 6.03 Å². The standard InChI is InChI=1S/C18H18N2O3/c1-11-4-3-5-14(10-11)12-6-8-13(9-7-12)15(21)18(2)16(22)19-17(23)20-18/h3-10,15,21H,1-2H3,(H2,19,20,22,23). The summed E-state index contributed by atoms with van der Waals surface area (Å²) >= 11 is 0. The van der Waals surface area contributed by atoms with E-state index in [1.165, 1.54) is 12.5 Å². The largest absolute Gasteiger partial charge is 0.385 e. The molecule has 2 unspecified atom stereocenters. The summed E-state index contributed by atoms with van der Waals surface area (Å²) in [5.41, 5.74) is 2.49. The summed E-state index contributed by atoms with van der Waals surface area (Å²) < 4.78 is 0. The van der Waals surface area contributed by atoms with Gasteiger partial charge in [0.1, 0.15) is 11.6 Å². The molecule has 5 nitrogen and oxygen atoms in total. The zero-order valence-corrected chi connectivity index (χ0v) is 13.0. The van der Waals surface area contributed by atoms with Crippen LogP contribution >= 0.6 is 0 Å². The molecule has 0 aromatic heterocycles. The van der Waals surface area contributed by atoms with Crippen molar-refractivity contribution in [2.45, 2.75) is 25.5 Å². The van der Waals surface area contributed by atoms with Gasteiger partial charge in [-0.1, -0.05) is 54.1 Å². The average molecular weight is 310 g/mol. The first-order chi connectivity index (χ1) is 10.9. The highest BCUT2D eigenvalue weighted by atomic mass is 16.3. The van der Waals surface area contributed by atoms with Crippen molar-refractivity contribution in [3.8, 4) is 11.1 Å². The van der Waals surface area contributed by atoms with Crippen molar-refractivity contribution < 1.29 is 14.7 Å². The van der Waals surface area contributed by atoms with Crippen LogP contribution in [0.2, 0.25) is 0 Å². The third-order valence-corrected chi connectivity index (χ3v) is 4.20. The van der Waals surface area contributed by atoms with Gasteiger partial charge in [0.2, 0.25) is 0 Å². The summed E-state index contributed by atoms with van der Waals surface area (Å²) in [7, 11) is 0. The second-order valence-electron chi connectivity index (χ2n) is 6.00. The molecule has 1 aliphatic heterocycles. The lowest BCUT2D eigenvalue weighted by Crippen LogP contribution is -2.49. The molecule has 0 bridgehead atoms. The van der Waals surface area contributed by atoms with E-state index in [-0.39, 0.29) is 0 Å². The number of amides is 3. The van der Waals surface area contributed by atoms with Gasteiger partial charge in [0, 0.05) is 0 Å². The third kappa shape index (κ3) is 2.71. The number of aliphatic hydroxyl groups excluding tert-OH is 1. The van der Waals surface area contributed by atoms with Crippen LogP contribution in [0.25, 0.3) is 11.1 Å². The molecule has 118 valence electrons. The normalized spacial score (nSPS) is 21.7. The lowest BCUT2D eigenvalue weighted by atomic mass is 9.88. The molecule has 1 fully saturated rings. The molecule has 1 saturated heterocycles. The Labute approximate surface area is 134 Å². The Bertz CT molecular complexity index is 770. The summed E-state index contributed by atoms with van der Waals surface area (Å²) in [4.78, 5) is 23.2. The van der Waals surface area contributed by atoms with Crippen molar-refractivity contribution in [3.05, 3.63) is 59.7 Å². The van der Waals surface area contributed by atoms with Gasteiger partial charge in [-0.15, -0.1) is 0 Å². The van der Waals surface area contributed by atoms with E-state index in [1.54, 1.807) is 12.1 Å². The summed E-state index contributed by atoms with van der Waals surface area (Å²) in [6, 6.07) is 14.9. The van der Waals surface area contributed by atoms with Crippen molar-refractivity contribution in [3.63, 3.8) is 0 Å². The second-order valence-corrected chi connectivity index (χ2v) is 6.00. The fraction of sp³-hybridized carbons (Fsp3) is 0.222. The van der Waals surface area contributed by atoms with Crippen molar-refractivity contribution in [2.24, 2.45) is 0 Å². The van der Waals surface area contributed by atoms with Gasteiger partial charge in [-0.25, -0.2) is 4.79 Å². The Balaban J connectivity index is 1.88. The molecule has 3 rings (SSSR count). The number of rotatable bonds is 3. The molecule has 5 heteroatoms. The zero-order valence-electron chi connectivity index (χ0n) is 13.0. The smallest absolute Gasteiger partial charge is 0.322 e. The first kappa shape index (κ1) is 15.2. The number of benzene rings is 2. The van der Waals surface area contributed by atoms with Crippen LogP contribution in [0.1, 0.15) is 24.2 Å². The number of urea groups is 1. The third-order valence-electron chi connectivity index (χ3n) is 4.20. The van der Waals surface area contributed by atoms with Gasteiger partial charge in [-0.05, 0) is 30.5 Å². The molecule has 0 radical (unpaired) electrons. The number of aliphatic hydroxyl groups is 1. The van der Waals surface area contributed by atoms with Gasteiger partial charge in [0.15, 0.2) is 0 Å². The number of carbonyl (C=O) groups excluding carboxylic acids is 2. The molecular formula is C18H18N2O3. The van der Waals surface area contributed by atoms with Crippen molar-refractivity contribution in [1.82, 2.24) is 10.6 Å². The maximum atomic E-state index is 11.9. The van der Waals surface area contributed by atoms with E-state index in [9.17, 15) is 14.7 Å². The number of carbonyl (C=O) groups is 2. The fourth-order valence-corrected chi connectivity index (χ4v) is 2.77. The molecule has 1 heterocycles. The lowest BCUT2D eigenvalue weighted by molar-refractivity contribution is -0.127. The molecule has 2 atom stereocenters. The SMILES string of the molecule is Cc1cccc(-c2ccc(C(O)C3(C)NC(=O)NC3=O)cc2)c1. The molecule has 1 aliphatic rings. The Hall–Kier alpha value is -2.66. The summed E-state index contributed by atoms with van der Waals surface area (Å²) in [5, 5.41) is 15.1. The molecule has 3 amide bonds. The number of hydrogen-bond donors (Lipinski definition) is 3. The number of aryl methyl sites for hydroxylation is 1. The molecule has 0 aliphatic carbocycles. The minimum atomic E-state index is -1.36. The van der Waals surface area contributed by atoms with Crippen LogP contribution in [0.5, 0.6) is 0 Å². The van der Waals surface area contributed by atoms with E-state index in [0.717, 1.165) is 11.1 Å². The quantitative estimate of drug-likeness (QED) is 0.761. The molecule has 0 spiro atoms. The number of hydrogen-bond acceptors (Lipinski definition) is 3. The Morgan fingerprint density at radius 1 is 1.04 bits per heavy atom. The van der Waals surface area contributed by atoms with E-state index in [1.807, 2.05) is 37.3 Å². The summed E-state index contributed by atoms with van der Waals surface area (Å²) in [6.45, 7) is 3.54. The van der Waals surface area contributed by atoms with E-state index < -0.39 is 23.6 Å². The van der Waals surface area contributed by atoms with Crippen LogP contribution < -0.4 is 10.6 Å². The Morgan fingerprint density at radius 3 is 2.30 bits per heavy atom. The van der Waals surface area contributed by atoms with Crippen LogP contribution in [0.3, 0.4) is 0 Å². The monoisotopic (exact) mass is 310 g/mol. The predicted molar refractivity (Wildman–Crippen MR) is 86.7 cm³/mol. The minimum Gasteiger partial charge on any atom is -0.385 e. The van der Waals surface area contributed by atoms with Crippen LogP contribution in [-0.4, -0.2) is 22.6 Å². The van der Waals surface area contributed by atoms with Crippen molar-refractivity contribution >= 4 is 11.9 Å². The van der Waals surface area contributed by atoms with Crippen molar-refractivity contribution in [2.75, 3.05) is 0 Å². The van der Waals surface area contributed by atoms with Gasteiger partial charge in [-0.2, -0.15) is 0 Å². The van der Waals surface area contributed by atoms with Crippen LogP contribution in [0.4, 0.5) is 4.79 Å².